The maximum Gasteiger partial charge on any atom is 0.416 e. The number of carboxylic acids is 1. The quantitative estimate of drug-likeness (QED) is 0.126. The molecule has 250 valence electrons. The van der Waals surface area contributed by atoms with Crippen molar-refractivity contribution in [1.29, 1.82) is 0 Å². The number of rotatable bonds is 13. The molecule has 0 spiro atoms. The zero-order valence-electron chi connectivity index (χ0n) is 28.5. The average Bonchev–Trinajstić information content (AvgIpc) is 2.88. The highest BCUT2D eigenvalue weighted by Gasteiger charge is 2.40. The van der Waals surface area contributed by atoms with Crippen LogP contribution in [0.15, 0.2) is 52.1 Å². The van der Waals surface area contributed by atoms with Gasteiger partial charge < -0.3 is 14.7 Å². The number of allylic oxidation sites excluding steroid dienone is 5. The largest absolute Gasteiger partial charge is 0.481 e. The number of nitrogens with zero attached hydrogens (tertiary/aromatic N) is 2. The summed E-state index contributed by atoms with van der Waals surface area (Å²) in [6.07, 6.45) is -1.15. The van der Waals surface area contributed by atoms with Crippen LogP contribution in [0.3, 0.4) is 0 Å². The Morgan fingerprint density at radius 2 is 1.68 bits per heavy atom. The van der Waals surface area contributed by atoms with Gasteiger partial charge in [-0.25, -0.2) is 4.79 Å². The van der Waals surface area contributed by atoms with Gasteiger partial charge in [-0.3, -0.25) is 9.79 Å². The Kier molecular flexibility index (Phi) is 14.7. The van der Waals surface area contributed by atoms with Gasteiger partial charge in [-0.05, 0) is 97.0 Å². The summed E-state index contributed by atoms with van der Waals surface area (Å²) in [6.45, 7) is 25.0. The summed E-state index contributed by atoms with van der Waals surface area (Å²) < 4.78 is 50.2. The topological polar surface area (TPSA) is 79.2 Å². The van der Waals surface area contributed by atoms with Gasteiger partial charge in [-0.2, -0.15) is 13.2 Å². The number of carbonyl (C=O) groups excluding carboxylic acids is 1. The van der Waals surface area contributed by atoms with E-state index in [9.17, 15) is 27.9 Å². The molecule has 0 radical (unpaired) electrons. The number of hydrogen-bond donors (Lipinski definition) is 1. The van der Waals surface area contributed by atoms with Gasteiger partial charge in [0.2, 0.25) is 0 Å². The minimum Gasteiger partial charge on any atom is -0.481 e. The molecule has 0 aliphatic heterocycles. The minimum absolute atomic E-state index is 0.0232. The predicted octanol–water partition coefficient (Wildman–Crippen LogP) is 9.58. The van der Waals surface area contributed by atoms with Crippen molar-refractivity contribution in [3.63, 3.8) is 0 Å². The van der Waals surface area contributed by atoms with Crippen molar-refractivity contribution in [2.24, 2.45) is 28.7 Å². The molecule has 1 aliphatic carbocycles. The Labute approximate surface area is 263 Å². The van der Waals surface area contributed by atoms with Gasteiger partial charge >= 0.3 is 18.2 Å². The van der Waals surface area contributed by atoms with Crippen LogP contribution >= 0.6 is 0 Å². The molecule has 1 amide bonds. The second kappa shape index (κ2) is 16.5. The van der Waals surface area contributed by atoms with Gasteiger partial charge in [0.25, 0.3) is 0 Å². The standard InChI is InChI=1S/C35H55F3N2O4/c1-21(2)20-40(33(43)44-34(9,10)11)25(7)16-23(5)17-29(22(3)4)31(26(8)39-12)30(35(36,37)38)18-24(6)27-14-13-15-28(19-27)32(41)42/h18,21,24-25,27-28H,3,5,13-17,19-20H2,1-2,4,6-12H3,(H,41,42)/b30-18+,31-29+,39-26?/t24?,25-,27?,28?/m1/s1. The maximum atomic E-state index is 14.9. The molecule has 1 N–H and O–H groups in total. The van der Waals surface area contributed by atoms with Crippen molar-refractivity contribution in [2.45, 2.75) is 119 Å². The number of alkyl halides is 3. The fourth-order valence-electron chi connectivity index (χ4n) is 5.79. The lowest BCUT2D eigenvalue weighted by atomic mass is 9.74. The molecule has 0 aromatic rings. The molecule has 0 bridgehead atoms. The van der Waals surface area contributed by atoms with Crippen molar-refractivity contribution in [2.75, 3.05) is 13.6 Å². The molecule has 44 heavy (non-hydrogen) atoms. The van der Waals surface area contributed by atoms with Gasteiger partial charge in [-0.15, -0.1) is 0 Å². The number of hydrogen-bond acceptors (Lipinski definition) is 4. The summed E-state index contributed by atoms with van der Waals surface area (Å²) in [5, 5.41) is 9.51. The lowest BCUT2D eigenvalue weighted by molar-refractivity contribution is -0.143. The highest BCUT2D eigenvalue weighted by Crippen LogP contribution is 2.41. The first-order chi connectivity index (χ1) is 20.1. The number of amides is 1. The molecule has 9 heteroatoms. The Morgan fingerprint density at radius 3 is 2.14 bits per heavy atom. The van der Waals surface area contributed by atoms with Crippen LogP contribution in [0.2, 0.25) is 0 Å². The summed E-state index contributed by atoms with van der Waals surface area (Å²) in [7, 11) is 1.46. The van der Waals surface area contributed by atoms with Crippen LogP contribution in [0.1, 0.15) is 101 Å². The Balaban J connectivity index is 3.55. The molecule has 0 saturated heterocycles. The zero-order valence-corrected chi connectivity index (χ0v) is 28.5. The Hall–Kier alpha value is -2.84. The van der Waals surface area contributed by atoms with Gasteiger partial charge in [0.1, 0.15) is 5.60 Å². The predicted molar refractivity (Wildman–Crippen MR) is 173 cm³/mol. The van der Waals surface area contributed by atoms with E-state index in [1.165, 1.54) is 13.1 Å². The van der Waals surface area contributed by atoms with Crippen molar-refractivity contribution in [1.82, 2.24) is 4.90 Å². The third-order valence-electron chi connectivity index (χ3n) is 8.06. The number of carboxylic acid groups (broad SMARTS) is 1. The number of ether oxygens (including phenoxy) is 1. The van der Waals surface area contributed by atoms with E-state index in [1.807, 2.05) is 20.8 Å². The summed E-state index contributed by atoms with van der Waals surface area (Å²) in [6, 6.07) is -0.304. The first kappa shape index (κ1) is 39.2. The smallest absolute Gasteiger partial charge is 0.416 e. The van der Waals surface area contributed by atoms with Crippen molar-refractivity contribution >= 4 is 17.8 Å². The van der Waals surface area contributed by atoms with E-state index in [-0.39, 0.29) is 35.6 Å². The second-order valence-corrected chi connectivity index (χ2v) is 13.8. The molecule has 6 nitrogen and oxygen atoms in total. The normalized spacial score (nSPS) is 20.5. The zero-order chi connectivity index (χ0) is 34.2. The number of halogens is 3. The molecule has 1 fully saturated rings. The SMILES string of the molecule is C=C(C/C(C(=C)C)=C(C(C)=NC)\C(=C/C(C)C1CCCC(C(=O)O)C1)C(F)(F)F)C[C@@H](C)N(CC(C)C)C(=O)OC(C)(C)C. The number of carbonyl (C=O) groups is 2. The summed E-state index contributed by atoms with van der Waals surface area (Å²) >= 11 is 0. The highest BCUT2D eigenvalue weighted by molar-refractivity contribution is 6.03. The van der Waals surface area contributed by atoms with Crippen LogP contribution in [0, 0.1) is 23.7 Å². The fraction of sp³-hybridized carbons (Fsp3) is 0.686. The van der Waals surface area contributed by atoms with E-state index in [1.54, 1.807) is 46.4 Å². The molecular weight excluding hydrogens is 569 g/mol. The monoisotopic (exact) mass is 624 g/mol. The van der Waals surface area contributed by atoms with Crippen molar-refractivity contribution in [3.8, 4) is 0 Å². The fourth-order valence-corrected chi connectivity index (χ4v) is 5.79. The molecule has 1 saturated carbocycles. The van der Waals surface area contributed by atoms with Gasteiger partial charge in [0.15, 0.2) is 0 Å². The van der Waals surface area contributed by atoms with E-state index in [2.05, 4.69) is 18.2 Å². The van der Waals surface area contributed by atoms with Crippen LogP contribution in [0.4, 0.5) is 18.0 Å². The highest BCUT2D eigenvalue weighted by atomic mass is 19.4. The van der Waals surface area contributed by atoms with Gasteiger partial charge in [-0.1, -0.05) is 57.6 Å². The Morgan fingerprint density at radius 1 is 1.09 bits per heavy atom. The molecule has 3 unspecified atom stereocenters. The van der Waals surface area contributed by atoms with E-state index in [4.69, 9.17) is 4.74 Å². The van der Waals surface area contributed by atoms with Gasteiger partial charge in [0.05, 0.1) is 11.5 Å². The number of aliphatic carboxylic acids is 1. The van der Waals surface area contributed by atoms with Crippen LogP contribution in [-0.4, -0.2) is 59.2 Å². The van der Waals surface area contributed by atoms with Crippen LogP contribution in [0.5, 0.6) is 0 Å². The van der Waals surface area contributed by atoms with Crippen molar-refractivity contribution in [3.05, 3.63) is 47.1 Å². The lowest BCUT2D eigenvalue weighted by Crippen LogP contribution is -2.44. The molecule has 4 atom stereocenters. The number of aliphatic imine (C=N–C) groups is 1. The lowest BCUT2D eigenvalue weighted by Gasteiger charge is -2.33. The minimum atomic E-state index is -4.68. The Bertz CT molecular complexity index is 1140. The van der Waals surface area contributed by atoms with E-state index in [0.29, 0.717) is 55.4 Å². The van der Waals surface area contributed by atoms with Crippen molar-refractivity contribution < 1.29 is 32.6 Å². The third kappa shape index (κ3) is 12.3. The molecule has 1 rings (SSSR count). The van der Waals surface area contributed by atoms with E-state index in [0.717, 1.165) is 0 Å². The summed E-state index contributed by atoms with van der Waals surface area (Å²) in [5.41, 5.74) is 0.246. The molecule has 1 aliphatic rings. The molecule has 0 aromatic heterocycles. The maximum absolute atomic E-state index is 14.9. The first-order valence-electron chi connectivity index (χ1n) is 15.6. The summed E-state index contributed by atoms with van der Waals surface area (Å²) in [5.74, 6) is -1.93. The molecule has 0 aromatic carbocycles. The van der Waals surface area contributed by atoms with Crippen LogP contribution < -0.4 is 0 Å². The summed E-state index contributed by atoms with van der Waals surface area (Å²) in [4.78, 5) is 30.5. The van der Waals surface area contributed by atoms with Crippen LogP contribution in [-0.2, 0) is 9.53 Å². The van der Waals surface area contributed by atoms with E-state index < -0.39 is 41.2 Å². The first-order valence-corrected chi connectivity index (χ1v) is 15.6. The van der Waals surface area contributed by atoms with Crippen LogP contribution in [0.25, 0.3) is 0 Å². The van der Waals surface area contributed by atoms with Gasteiger partial charge in [0, 0.05) is 30.9 Å². The third-order valence-corrected chi connectivity index (χ3v) is 8.06. The van der Waals surface area contributed by atoms with E-state index >= 15 is 0 Å². The second-order valence-electron chi connectivity index (χ2n) is 13.8. The average molecular weight is 625 g/mol. The molecular formula is C35H55F3N2O4. The molecule has 0 heterocycles.